The topological polar surface area (TPSA) is 50.3 Å². The Morgan fingerprint density at radius 1 is 1.38 bits per heavy atom. The number of aromatic nitrogens is 2. The van der Waals surface area contributed by atoms with Crippen molar-refractivity contribution in [2.45, 2.75) is 59.2 Å². The number of aryl methyl sites for hydroxylation is 1. The molecule has 1 aliphatic rings. The van der Waals surface area contributed by atoms with Crippen molar-refractivity contribution in [1.29, 1.82) is 0 Å². The highest BCUT2D eigenvalue weighted by Crippen LogP contribution is 2.17. The molecule has 0 bridgehead atoms. The van der Waals surface area contributed by atoms with E-state index < -0.39 is 0 Å². The van der Waals surface area contributed by atoms with Crippen molar-refractivity contribution in [3.05, 3.63) is 17.6 Å². The average molecular weight is 292 g/mol. The van der Waals surface area contributed by atoms with E-state index in [2.05, 4.69) is 41.0 Å². The van der Waals surface area contributed by atoms with Crippen molar-refractivity contribution in [1.82, 2.24) is 14.9 Å². The molecule has 1 aromatic heterocycles. The van der Waals surface area contributed by atoms with Gasteiger partial charge in [-0.25, -0.2) is 9.97 Å². The number of ether oxygens (including phenoxy) is 1. The van der Waals surface area contributed by atoms with Crippen LogP contribution in [0.5, 0.6) is 0 Å². The lowest BCUT2D eigenvalue weighted by Crippen LogP contribution is -2.48. The zero-order chi connectivity index (χ0) is 15.2. The number of hydrogen-bond acceptors (Lipinski definition) is 5. The maximum Gasteiger partial charge on any atom is 0.144 e. The number of nitrogens with zero attached hydrogens (tertiary/aromatic N) is 3. The van der Waals surface area contributed by atoms with E-state index in [1.807, 2.05) is 13.0 Å². The van der Waals surface area contributed by atoms with Crippen LogP contribution in [0.25, 0.3) is 0 Å². The molecule has 0 radical (unpaired) electrons. The van der Waals surface area contributed by atoms with Gasteiger partial charge in [0.1, 0.15) is 11.6 Å². The normalized spacial score (nSPS) is 23.2. The number of hydrogen-bond donors (Lipinski definition) is 1. The van der Waals surface area contributed by atoms with Gasteiger partial charge in [0.05, 0.1) is 19.3 Å². The second kappa shape index (κ2) is 7.71. The maximum absolute atomic E-state index is 5.76. The molecule has 1 N–H and O–H groups in total. The predicted molar refractivity (Wildman–Crippen MR) is 85.5 cm³/mol. The summed E-state index contributed by atoms with van der Waals surface area (Å²) >= 11 is 0. The summed E-state index contributed by atoms with van der Waals surface area (Å²) in [4.78, 5) is 11.7. The van der Waals surface area contributed by atoms with E-state index in [0.717, 1.165) is 56.4 Å². The molecule has 118 valence electrons. The van der Waals surface area contributed by atoms with Gasteiger partial charge < -0.3 is 10.1 Å². The van der Waals surface area contributed by atoms with Crippen molar-refractivity contribution in [3.8, 4) is 0 Å². The summed E-state index contributed by atoms with van der Waals surface area (Å²) in [5, 5.41) is 3.35. The fraction of sp³-hybridized carbons (Fsp3) is 0.750. The molecule has 21 heavy (non-hydrogen) atoms. The monoisotopic (exact) mass is 292 g/mol. The lowest BCUT2D eigenvalue weighted by molar-refractivity contribution is -0.0600. The highest BCUT2D eigenvalue weighted by Gasteiger charge is 2.26. The highest BCUT2D eigenvalue weighted by atomic mass is 16.5. The molecule has 1 saturated heterocycles. The van der Waals surface area contributed by atoms with Gasteiger partial charge in [0, 0.05) is 30.9 Å². The van der Waals surface area contributed by atoms with Crippen LogP contribution in [0.2, 0.25) is 0 Å². The summed E-state index contributed by atoms with van der Waals surface area (Å²) in [6.07, 6.45) is 2.48. The molecule has 2 heterocycles. The van der Waals surface area contributed by atoms with Crippen molar-refractivity contribution < 1.29 is 4.74 Å². The quantitative estimate of drug-likeness (QED) is 0.873. The second-order valence-electron chi connectivity index (χ2n) is 5.87. The van der Waals surface area contributed by atoms with Gasteiger partial charge in [0.2, 0.25) is 0 Å². The molecule has 2 atom stereocenters. The molecule has 0 spiro atoms. The Bertz CT molecular complexity index is 452. The Hall–Kier alpha value is -1.20. The molecule has 0 aliphatic carbocycles. The summed E-state index contributed by atoms with van der Waals surface area (Å²) in [6.45, 7) is 12.0. The molecule has 5 nitrogen and oxygen atoms in total. The van der Waals surface area contributed by atoms with E-state index in [4.69, 9.17) is 4.74 Å². The Morgan fingerprint density at radius 2 is 2.19 bits per heavy atom. The summed E-state index contributed by atoms with van der Waals surface area (Å²) in [5.41, 5.74) is 1.02. The van der Waals surface area contributed by atoms with Crippen LogP contribution in [0.4, 0.5) is 5.82 Å². The van der Waals surface area contributed by atoms with Gasteiger partial charge in [0.15, 0.2) is 0 Å². The van der Waals surface area contributed by atoms with Gasteiger partial charge in [-0.3, -0.25) is 4.90 Å². The minimum atomic E-state index is 0.287. The molecule has 0 amide bonds. The predicted octanol–water partition coefficient (Wildman–Crippen LogP) is 2.61. The van der Waals surface area contributed by atoms with Crippen LogP contribution >= 0.6 is 0 Å². The molecule has 5 heteroatoms. The fourth-order valence-electron chi connectivity index (χ4n) is 2.71. The van der Waals surface area contributed by atoms with E-state index in [1.54, 1.807) is 0 Å². The van der Waals surface area contributed by atoms with Crippen molar-refractivity contribution >= 4 is 5.82 Å². The molecule has 2 rings (SSSR count). The Balaban J connectivity index is 2.08. The minimum absolute atomic E-state index is 0.287. The number of nitrogens with one attached hydrogen (secondary N) is 1. The van der Waals surface area contributed by atoms with Crippen LogP contribution in [0, 0.1) is 6.92 Å². The standard InChI is InChI=1S/C16H28N4O/c1-5-7-17-15-8-12(3)18-16(19-15)10-20-9-13(4)21-11-14(20)6-2/h8,13-14H,5-7,9-11H2,1-4H3,(H,17,18,19). The number of morpholine rings is 1. The second-order valence-corrected chi connectivity index (χ2v) is 5.87. The van der Waals surface area contributed by atoms with Gasteiger partial charge in [0.25, 0.3) is 0 Å². The molecular formula is C16H28N4O. The summed E-state index contributed by atoms with van der Waals surface area (Å²) in [7, 11) is 0. The first-order valence-electron chi connectivity index (χ1n) is 8.06. The molecule has 1 aliphatic heterocycles. The van der Waals surface area contributed by atoms with Crippen molar-refractivity contribution in [2.24, 2.45) is 0 Å². The SMILES string of the molecule is CCCNc1cc(C)nc(CN2CC(C)OCC2CC)n1. The van der Waals surface area contributed by atoms with Crippen LogP contribution in [0.15, 0.2) is 6.07 Å². The first-order chi connectivity index (χ1) is 10.1. The summed E-state index contributed by atoms with van der Waals surface area (Å²) in [5.74, 6) is 1.84. The van der Waals surface area contributed by atoms with Gasteiger partial charge >= 0.3 is 0 Å². The van der Waals surface area contributed by atoms with E-state index in [9.17, 15) is 0 Å². The first kappa shape index (κ1) is 16.2. The largest absolute Gasteiger partial charge is 0.376 e. The molecule has 1 aromatic rings. The van der Waals surface area contributed by atoms with Crippen molar-refractivity contribution in [2.75, 3.05) is 25.0 Å². The van der Waals surface area contributed by atoms with Crippen LogP contribution in [-0.4, -0.2) is 46.7 Å². The van der Waals surface area contributed by atoms with E-state index in [0.29, 0.717) is 6.04 Å². The summed E-state index contributed by atoms with van der Waals surface area (Å²) in [6, 6.07) is 2.48. The molecule has 2 unspecified atom stereocenters. The Kier molecular flexibility index (Phi) is 5.94. The minimum Gasteiger partial charge on any atom is -0.376 e. The third-order valence-corrected chi connectivity index (χ3v) is 3.85. The summed E-state index contributed by atoms with van der Waals surface area (Å²) < 4.78 is 5.76. The van der Waals surface area contributed by atoms with Crippen LogP contribution in [-0.2, 0) is 11.3 Å². The van der Waals surface area contributed by atoms with Crippen LogP contribution in [0.1, 0.15) is 45.1 Å². The number of rotatable bonds is 6. The van der Waals surface area contributed by atoms with E-state index in [1.165, 1.54) is 0 Å². The van der Waals surface area contributed by atoms with Gasteiger partial charge in [-0.2, -0.15) is 0 Å². The van der Waals surface area contributed by atoms with E-state index >= 15 is 0 Å². The maximum atomic E-state index is 5.76. The zero-order valence-electron chi connectivity index (χ0n) is 13.7. The molecule has 0 saturated carbocycles. The molecular weight excluding hydrogens is 264 g/mol. The average Bonchev–Trinajstić information content (AvgIpc) is 2.45. The number of anilines is 1. The fourth-order valence-corrected chi connectivity index (χ4v) is 2.71. The van der Waals surface area contributed by atoms with E-state index in [-0.39, 0.29) is 6.10 Å². The third kappa shape index (κ3) is 4.64. The van der Waals surface area contributed by atoms with Gasteiger partial charge in [-0.15, -0.1) is 0 Å². The zero-order valence-corrected chi connectivity index (χ0v) is 13.7. The lowest BCUT2D eigenvalue weighted by Gasteiger charge is -2.37. The molecule has 0 aromatic carbocycles. The highest BCUT2D eigenvalue weighted by molar-refractivity contribution is 5.35. The Morgan fingerprint density at radius 3 is 2.90 bits per heavy atom. The van der Waals surface area contributed by atoms with Crippen molar-refractivity contribution in [3.63, 3.8) is 0 Å². The van der Waals surface area contributed by atoms with Gasteiger partial charge in [-0.1, -0.05) is 13.8 Å². The molecule has 1 fully saturated rings. The van der Waals surface area contributed by atoms with Gasteiger partial charge in [-0.05, 0) is 26.7 Å². The van der Waals surface area contributed by atoms with Crippen LogP contribution in [0.3, 0.4) is 0 Å². The lowest BCUT2D eigenvalue weighted by atomic mass is 10.1. The van der Waals surface area contributed by atoms with Crippen LogP contribution < -0.4 is 5.32 Å². The smallest absolute Gasteiger partial charge is 0.144 e. The first-order valence-corrected chi connectivity index (χ1v) is 8.06. The Labute approximate surface area is 128 Å². The third-order valence-electron chi connectivity index (χ3n) is 3.85.